The highest BCUT2D eigenvalue weighted by Crippen LogP contribution is 2.46. The van der Waals surface area contributed by atoms with E-state index in [0.29, 0.717) is 0 Å². The molecule has 0 atom stereocenters. The average Bonchev–Trinajstić information content (AvgIpc) is 3.09. The van der Waals surface area contributed by atoms with Crippen LogP contribution in [-0.4, -0.2) is 0 Å². The molecule has 0 aliphatic heterocycles. The van der Waals surface area contributed by atoms with Gasteiger partial charge >= 0.3 is 0 Å². The molecule has 0 unspecified atom stereocenters. The van der Waals surface area contributed by atoms with Crippen LogP contribution in [0.5, 0.6) is 0 Å². The molecule has 0 N–H and O–H groups in total. The van der Waals surface area contributed by atoms with Gasteiger partial charge in [0.1, 0.15) is 0 Å². The third-order valence-corrected chi connectivity index (χ3v) is 9.18. The first-order valence-corrected chi connectivity index (χ1v) is 15.3. The monoisotopic (exact) mass is 556 g/mol. The van der Waals surface area contributed by atoms with Crippen molar-refractivity contribution in [1.82, 2.24) is 0 Å². The van der Waals surface area contributed by atoms with Crippen LogP contribution in [0.2, 0.25) is 0 Å². The van der Waals surface area contributed by atoms with Crippen molar-refractivity contribution in [3.63, 3.8) is 0 Å². The zero-order valence-electron chi connectivity index (χ0n) is 24.2. The van der Waals surface area contributed by atoms with E-state index in [1.54, 1.807) is 0 Å². The number of hydrogen-bond donors (Lipinski definition) is 0. The Kier molecular flexibility index (Phi) is 5.61. The molecule has 0 amide bonds. The minimum atomic E-state index is 1.23. The van der Waals surface area contributed by atoms with Crippen molar-refractivity contribution in [2.45, 2.75) is 0 Å². The van der Waals surface area contributed by atoms with Gasteiger partial charge in [-0.05, 0) is 112 Å². The Bertz CT molecular complexity index is 2550. The Labute approximate surface area is 256 Å². The Morgan fingerprint density at radius 2 is 0.682 bits per heavy atom. The molecule has 0 spiro atoms. The van der Waals surface area contributed by atoms with Crippen molar-refractivity contribution in [3.8, 4) is 33.4 Å². The molecule has 9 rings (SSSR count). The lowest BCUT2D eigenvalue weighted by Crippen LogP contribution is -1.92. The summed E-state index contributed by atoms with van der Waals surface area (Å²) >= 11 is 0. The van der Waals surface area contributed by atoms with Crippen molar-refractivity contribution in [2.75, 3.05) is 0 Å². The maximum atomic E-state index is 2.41. The molecule has 0 bridgehead atoms. The van der Waals surface area contributed by atoms with E-state index in [9.17, 15) is 0 Å². The quantitative estimate of drug-likeness (QED) is 0.190. The third kappa shape index (κ3) is 4.00. The van der Waals surface area contributed by atoms with Crippen molar-refractivity contribution >= 4 is 53.9 Å². The lowest BCUT2D eigenvalue weighted by Gasteiger charge is -2.19. The van der Waals surface area contributed by atoms with Gasteiger partial charge < -0.3 is 0 Å². The summed E-state index contributed by atoms with van der Waals surface area (Å²) in [5, 5.41) is 12.6. The van der Waals surface area contributed by atoms with Crippen LogP contribution in [-0.2, 0) is 0 Å². The fourth-order valence-corrected chi connectivity index (χ4v) is 7.03. The Morgan fingerprint density at radius 3 is 1.27 bits per heavy atom. The molecule has 0 saturated heterocycles. The van der Waals surface area contributed by atoms with Gasteiger partial charge in [-0.15, -0.1) is 0 Å². The van der Waals surface area contributed by atoms with Crippen molar-refractivity contribution in [3.05, 3.63) is 170 Å². The molecule has 0 nitrogen and oxygen atoms in total. The van der Waals surface area contributed by atoms with Gasteiger partial charge in [-0.2, -0.15) is 0 Å². The normalized spacial score (nSPS) is 11.6. The SMILES string of the molecule is c1ccc2cc(-c3ccc(-c4ccc5ccccc5c4)c4c(-c5ccc6ccccc6c5)c5ccccc5cc34)ccc2c1. The minimum Gasteiger partial charge on any atom is -0.0616 e. The molecule has 44 heavy (non-hydrogen) atoms. The fourth-order valence-electron chi connectivity index (χ4n) is 7.03. The molecule has 0 aliphatic rings. The molecule has 0 aromatic heterocycles. The van der Waals surface area contributed by atoms with Gasteiger partial charge in [0.15, 0.2) is 0 Å². The summed E-state index contributed by atoms with van der Waals surface area (Å²) < 4.78 is 0. The first-order chi connectivity index (χ1) is 21.8. The zero-order valence-corrected chi connectivity index (χ0v) is 24.2. The summed E-state index contributed by atoms with van der Waals surface area (Å²) in [6.07, 6.45) is 0. The minimum absolute atomic E-state index is 1.23. The van der Waals surface area contributed by atoms with Crippen LogP contribution < -0.4 is 0 Å². The first-order valence-electron chi connectivity index (χ1n) is 15.3. The second kappa shape index (κ2) is 9.93. The van der Waals surface area contributed by atoms with E-state index >= 15 is 0 Å². The molecule has 0 fully saturated rings. The highest BCUT2D eigenvalue weighted by Gasteiger charge is 2.18. The number of rotatable bonds is 3. The Hall–Kier alpha value is -5.72. The fraction of sp³-hybridized carbons (Fsp3) is 0. The smallest absolute Gasteiger partial charge is 0.00141 e. The molecule has 9 aromatic rings. The number of benzene rings is 9. The lowest BCUT2D eigenvalue weighted by atomic mass is 9.84. The second-order valence-corrected chi connectivity index (χ2v) is 11.7. The zero-order chi connectivity index (χ0) is 29.0. The lowest BCUT2D eigenvalue weighted by molar-refractivity contribution is 1.65. The van der Waals surface area contributed by atoms with Crippen LogP contribution >= 0.6 is 0 Å². The summed E-state index contributed by atoms with van der Waals surface area (Å²) in [4.78, 5) is 0. The van der Waals surface area contributed by atoms with Crippen molar-refractivity contribution in [1.29, 1.82) is 0 Å². The Morgan fingerprint density at radius 1 is 0.250 bits per heavy atom. The maximum Gasteiger partial charge on any atom is -0.00141 e. The first kappa shape index (κ1) is 24.8. The van der Waals surface area contributed by atoms with E-state index in [1.165, 1.54) is 87.2 Å². The molecule has 0 radical (unpaired) electrons. The summed E-state index contributed by atoms with van der Waals surface area (Å²) in [7, 11) is 0. The summed E-state index contributed by atoms with van der Waals surface area (Å²) in [6, 6.07) is 62.5. The molecule has 0 saturated carbocycles. The van der Waals surface area contributed by atoms with Gasteiger partial charge in [-0.25, -0.2) is 0 Å². The van der Waals surface area contributed by atoms with E-state index < -0.39 is 0 Å². The maximum absolute atomic E-state index is 2.41. The summed E-state index contributed by atoms with van der Waals surface area (Å²) in [5.74, 6) is 0. The van der Waals surface area contributed by atoms with E-state index in [2.05, 4.69) is 170 Å². The van der Waals surface area contributed by atoms with Crippen LogP contribution in [0.15, 0.2) is 170 Å². The largest absolute Gasteiger partial charge is 0.0616 e. The highest BCUT2D eigenvalue weighted by atomic mass is 14.2. The van der Waals surface area contributed by atoms with Crippen LogP contribution in [0, 0.1) is 0 Å². The summed E-state index contributed by atoms with van der Waals surface area (Å²) in [6.45, 7) is 0. The van der Waals surface area contributed by atoms with E-state index in [4.69, 9.17) is 0 Å². The Balaban J connectivity index is 1.43. The van der Waals surface area contributed by atoms with Crippen molar-refractivity contribution < 1.29 is 0 Å². The predicted octanol–water partition coefficient (Wildman–Crippen LogP) is 12.5. The molecule has 0 heterocycles. The van der Waals surface area contributed by atoms with Gasteiger partial charge in [0.2, 0.25) is 0 Å². The molecular formula is C44H28. The van der Waals surface area contributed by atoms with Crippen LogP contribution in [0.1, 0.15) is 0 Å². The van der Waals surface area contributed by atoms with Gasteiger partial charge in [0, 0.05) is 0 Å². The van der Waals surface area contributed by atoms with E-state index in [-0.39, 0.29) is 0 Å². The highest BCUT2D eigenvalue weighted by molar-refractivity contribution is 6.21. The number of hydrogen-bond acceptors (Lipinski definition) is 0. The summed E-state index contributed by atoms with van der Waals surface area (Å²) in [5.41, 5.74) is 7.50. The van der Waals surface area contributed by atoms with Crippen LogP contribution in [0.3, 0.4) is 0 Å². The number of fused-ring (bicyclic) bond motifs is 5. The standard InChI is InChI=1S/C44H28/c1-4-12-32-25-36(20-17-29(32)9-1)39-23-24-41(37-21-18-30-10-2-5-13-33(30)26-37)44-42(39)28-35-15-7-8-16-40(35)43(44)38-22-19-31-11-3-6-14-34(31)27-38/h1-28H. The van der Waals surface area contributed by atoms with Crippen LogP contribution in [0.4, 0.5) is 0 Å². The van der Waals surface area contributed by atoms with Gasteiger partial charge in [-0.1, -0.05) is 146 Å². The molecule has 9 aromatic carbocycles. The van der Waals surface area contributed by atoms with E-state index in [0.717, 1.165) is 0 Å². The molecule has 204 valence electrons. The van der Waals surface area contributed by atoms with Gasteiger partial charge in [0.05, 0.1) is 0 Å². The average molecular weight is 557 g/mol. The predicted molar refractivity (Wildman–Crippen MR) is 190 cm³/mol. The van der Waals surface area contributed by atoms with Crippen LogP contribution in [0.25, 0.3) is 87.2 Å². The second-order valence-electron chi connectivity index (χ2n) is 11.7. The molecule has 0 aliphatic carbocycles. The van der Waals surface area contributed by atoms with Crippen molar-refractivity contribution in [2.24, 2.45) is 0 Å². The molecular weight excluding hydrogens is 528 g/mol. The topological polar surface area (TPSA) is 0 Å². The van der Waals surface area contributed by atoms with Gasteiger partial charge in [0.25, 0.3) is 0 Å². The third-order valence-electron chi connectivity index (χ3n) is 9.18. The van der Waals surface area contributed by atoms with E-state index in [1.807, 2.05) is 0 Å². The van der Waals surface area contributed by atoms with Gasteiger partial charge in [-0.3, -0.25) is 0 Å². The molecule has 0 heteroatoms.